The van der Waals surface area contributed by atoms with E-state index in [2.05, 4.69) is 19.2 Å². The SMILES string of the molecule is COCCC(=O)N[C@H]1C(C)(C)[C@@H]2C[C@@H]3[C@@H](c4cccc(C(F)(F)F)c4)OCCC31C2. The fraction of sp³-hybridized carbons (Fsp3) is 0.696. The van der Waals surface area contributed by atoms with Gasteiger partial charge in [0.05, 0.1) is 18.3 Å². The Balaban J connectivity index is 1.64. The van der Waals surface area contributed by atoms with Gasteiger partial charge in [-0.1, -0.05) is 26.0 Å². The van der Waals surface area contributed by atoms with Crippen molar-refractivity contribution in [2.45, 2.75) is 57.9 Å². The van der Waals surface area contributed by atoms with E-state index in [1.54, 1.807) is 13.2 Å². The summed E-state index contributed by atoms with van der Waals surface area (Å²) in [5.41, 5.74) is -0.261. The normalized spacial score (nSPS) is 34.6. The van der Waals surface area contributed by atoms with Crippen LogP contribution in [0.4, 0.5) is 13.2 Å². The van der Waals surface area contributed by atoms with Gasteiger partial charge in [-0.2, -0.15) is 13.2 Å². The summed E-state index contributed by atoms with van der Waals surface area (Å²) in [6.07, 6.45) is -1.72. The first kappa shape index (κ1) is 21.6. The second kappa shape index (κ2) is 7.52. The number of rotatable bonds is 5. The molecule has 30 heavy (non-hydrogen) atoms. The number of halogens is 3. The molecule has 1 spiro atoms. The van der Waals surface area contributed by atoms with Crippen molar-refractivity contribution in [1.29, 1.82) is 0 Å². The molecule has 1 aromatic carbocycles. The molecule has 0 radical (unpaired) electrons. The molecule has 1 amide bonds. The summed E-state index contributed by atoms with van der Waals surface area (Å²) >= 11 is 0. The number of hydrogen-bond acceptors (Lipinski definition) is 3. The summed E-state index contributed by atoms with van der Waals surface area (Å²) in [6, 6.07) is 5.51. The Morgan fingerprint density at radius 3 is 2.80 bits per heavy atom. The highest BCUT2D eigenvalue weighted by molar-refractivity contribution is 5.76. The number of methoxy groups -OCH3 is 1. The molecule has 1 heterocycles. The van der Waals surface area contributed by atoms with Crippen molar-refractivity contribution in [2.75, 3.05) is 20.3 Å². The molecular formula is C23H30F3NO3. The van der Waals surface area contributed by atoms with E-state index < -0.39 is 11.7 Å². The molecule has 2 aliphatic carbocycles. The minimum Gasteiger partial charge on any atom is -0.384 e. The van der Waals surface area contributed by atoms with Crippen LogP contribution in [-0.2, 0) is 20.4 Å². The van der Waals surface area contributed by atoms with Crippen LogP contribution in [0.3, 0.4) is 0 Å². The Morgan fingerprint density at radius 1 is 1.33 bits per heavy atom. The Kier molecular flexibility index (Phi) is 5.42. The van der Waals surface area contributed by atoms with Gasteiger partial charge in [-0.25, -0.2) is 0 Å². The molecule has 5 atom stereocenters. The van der Waals surface area contributed by atoms with Gasteiger partial charge in [-0.05, 0) is 59.6 Å². The number of carbonyl (C=O) groups is 1. The highest BCUT2D eigenvalue weighted by Crippen LogP contribution is 2.70. The fourth-order valence-electron chi connectivity index (χ4n) is 6.44. The van der Waals surface area contributed by atoms with E-state index in [1.165, 1.54) is 12.1 Å². The summed E-state index contributed by atoms with van der Waals surface area (Å²) in [6.45, 7) is 5.27. The van der Waals surface area contributed by atoms with E-state index in [4.69, 9.17) is 9.47 Å². The molecule has 4 nitrogen and oxygen atoms in total. The van der Waals surface area contributed by atoms with Crippen molar-refractivity contribution in [3.63, 3.8) is 0 Å². The van der Waals surface area contributed by atoms with Crippen LogP contribution in [0.1, 0.15) is 56.8 Å². The van der Waals surface area contributed by atoms with Crippen molar-refractivity contribution in [3.8, 4) is 0 Å². The van der Waals surface area contributed by atoms with Crippen LogP contribution >= 0.6 is 0 Å². The third-order valence-electron chi connectivity index (χ3n) is 7.89. The molecule has 2 bridgehead atoms. The number of carbonyl (C=O) groups excluding carboxylic acids is 1. The minimum atomic E-state index is -4.38. The van der Waals surface area contributed by atoms with Gasteiger partial charge in [0.1, 0.15) is 0 Å². The van der Waals surface area contributed by atoms with Crippen LogP contribution in [0.25, 0.3) is 0 Å². The molecule has 1 saturated heterocycles. The maximum atomic E-state index is 13.3. The quantitative estimate of drug-likeness (QED) is 0.741. The van der Waals surface area contributed by atoms with E-state index >= 15 is 0 Å². The molecule has 3 fully saturated rings. The van der Waals surface area contributed by atoms with Crippen LogP contribution in [0.5, 0.6) is 0 Å². The summed E-state index contributed by atoms with van der Waals surface area (Å²) in [4.78, 5) is 12.6. The van der Waals surface area contributed by atoms with Crippen molar-refractivity contribution >= 4 is 5.91 Å². The smallest absolute Gasteiger partial charge is 0.384 e. The molecule has 1 aliphatic heterocycles. The number of nitrogens with one attached hydrogen (secondary N) is 1. The molecule has 7 heteroatoms. The second-order valence-corrected chi connectivity index (χ2v) is 9.71. The third kappa shape index (κ3) is 3.44. The molecule has 4 rings (SSSR count). The van der Waals surface area contributed by atoms with E-state index in [1.807, 2.05) is 0 Å². The predicted octanol–water partition coefficient (Wildman–Crippen LogP) is 4.74. The molecule has 166 valence electrons. The zero-order valence-corrected chi connectivity index (χ0v) is 17.7. The number of benzene rings is 1. The summed E-state index contributed by atoms with van der Waals surface area (Å²) in [5, 5.41) is 3.28. The predicted molar refractivity (Wildman–Crippen MR) is 106 cm³/mol. The monoisotopic (exact) mass is 425 g/mol. The average molecular weight is 425 g/mol. The first-order chi connectivity index (χ1) is 14.1. The van der Waals surface area contributed by atoms with Crippen LogP contribution in [-0.4, -0.2) is 32.3 Å². The highest BCUT2D eigenvalue weighted by Gasteiger charge is 2.68. The lowest BCUT2D eigenvalue weighted by Crippen LogP contribution is -2.59. The number of alkyl halides is 3. The number of fused-ring (bicyclic) bond motifs is 1. The van der Waals surface area contributed by atoms with Crippen molar-refractivity contribution in [1.82, 2.24) is 5.32 Å². The molecular weight excluding hydrogens is 395 g/mol. The molecule has 0 aromatic heterocycles. The van der Waals surface area contributed by atoms with Gasteiger partial charge in [0, 0.05) is 26.2 Å². The van der Waals surface area contributed by atoms with E-state index in [0.29, 0.717) is 31.1 Å². The Hall–Kier alpha value is -1.60. The number of amides is 1. The summed E-state index contributed by atoms with van der Waals surface area (Å²) < 4.78 is 50.9. The van der Waals surface area contributed by atoms with Gasteiger partial charge in [0.25, 0.3) is 0 Å². The summed E-state index contributed by atoms with van der Waals surface area (Å²) in [5.74, 6) is 0.475. The number of ether oxygens (including phenoxy) is 2. The maximum Gasteiger partial charge on any atom is 0.416 e. The topological polar surface area (TPSA) is 47.6 Å². The molecule has 1 N–H and O–H groups in total. The lowest BCUT2D eigenvalue weighted by Gasteiger charge is -2.53. The van der Waals surface area contributed by atoms with Crippen molar-refractivity contribution in [3.05, 3.63) is 35.4 Å². The standard InChI is InChI=1S/C23H30F3NO3/c1-21(2)16-12-17-19(14-5-4-6-15(11-14)23(24,25)26)30-10-8-22(17,13-16)20(21)27-18(28)7-9-29-3/h4-6,11,16-17,19-20H,7-10,12-13H2,1-3H3,(H,27,28)/t16-,17-,19-,20+,22?/m1/s1. The second-order valence-electron chi connectivity index (χ2n) is 9.71. The Labute approximate surface area is 175 Å². The van der Waals surface area contributed by atoms with E-state index in [9.17, 15) is 18.0 Å². The zero-order chi connectivity index (χ0) is 21.7. The molecule has 1 aromatic rings. The lowest BCUT2D eigenvalue weighted by atomic mass is 9.58. The third-order valence-corrected chi connectivity index (χ3v) is 7.89. The highest BCUT2D eigenvalue weighted by atomic mass is 19.4. The Morgan fingerprint density at radius 2 is 2.10 bits per heavy atom. The van der Waals surface area contributed by atoms with Crippen molar-refractivity contribution < 1.29 is 27.4 Å². The maximum absolute atomic E-state index is 13.3. The minimum absolute atomic E-state index is 0.0182. The molecule has 1 unspecified atom stereocenters. The van der Waals surface area contributed by atoms with Crippen LogP contribution in [0, 0.1) is 22.7 Å². The van der Waals surface area contributed by atoms with Crippen molar-refractivity contribution in [2.24, 2.45) is 22.7 Å². The van der Waals surface area contributed by atoms with E-state index in [-0.39, 0.29) is 34.8 Å². The van der Waals surface area contributed by atoms with Gasteiger partial charge in [-0.15, -0.1) is 0 Å². The average Bonchev–Trinajstić information content (AvgIpc) is 3.18. The van der Waals surface area contributed by atoms with Gasteiger partial charge in [0.2, 0.25) is 5.91 Å². The largest absolute Gasteiger partial charge is 0.416 e. The lowest BCUT2D eigenvalue weighted by molar-refractivity contribution is -0.140. The zero-order valence-electron chi connectivity index (χ0n) is 17.7. The fourth-order valence-corrected chi connectivity index (χ4v) is 6.44. The van der Waals surface area contributed by atoms with Crippen LogP contribution in [0.15, 0.2) is 24.3 Å². The van der Waals surface area contributed by atoms with Crippen LogP contribution in [0.2, 0.25) is 0 Å². The van der Waals surface area contributed by atoms with Crippen LogP contribution < -0.4 is 5.32 Å². The first-order valence-electron chi connectivity index (χ1n) is 10.7. The van der Waals surface area contributed by atoms with Gasteiger partial charge in [-0.3, -0.25) is 4.79 Å². The number of hydrogen-bond donors (Lipinski definition) is 1. The molecule has 3 aliphatic rings. The van der Waals surface area contributed by atoms with Gasteiger partial charge < -0.3 is 14.8 Å². The summed E-state index contributed by atoms with van der Waals surface area (Å²) in [7, 11) is 1.57. The van der Waals surface area contributed by atoms with E-state index in [0.717, 1.165) is 25.3 Å². The first-order valence-corrected chi connectivity index (χ1v) is 10.7. The Bertz CT molecular complexity index is 809. The molecule has 2 saturated carbocycles. The van der Waals surface area contributed by atoms with Gasteiger partial charge >= 0.3 is 6.18 Å². The van der Waals surface area contributed by atoms with Gasteiger partial charge in [0.15, 0.2) is 0 Å².